The Balaban J connectivity index is 1.93. The molecule has 0 radical (unpaired) electrons. The van der Waals surface area contributed by atoms with Gasteiger partial charge in [-0.15, -0.1) is 0 Å². The standard InChI is InChI=1S/C29H40O4/c1-6-9-11-23-13-17-25(18-14-23)28(30)32-21(4)27(8-3)22(5)33-29(31)26-19-15-24(16-20-26)12-10-7-2/h13-22,27H,6-12H2,1-5H3. The molecule has 4 nitrogen and oxygen atoms in total. The van der Waals surface area contributed by atoms with E-state index in [1.54, 1.807) is 0 Å². The van der Waals surface area contributed by atoms with Crippen molar-refractivity contribution in [3.63, 3.8) is 0 Å². The summed E-state index contributed by atoms with van der Waals surface area (Å²) in [6, 6.07) is 15.3. The van der Waals surface area contributed by atoms with Crippen LogP contribution in [0.3, 0.4) is 0 Å². The van der Waals surface area contributed by atoms with Crippen molar-refractivity contribution in [2.24, 2.45) is 5.92 Å². The number of esters is 2. The topological polar surface area (TPSA) is 52.6 Å². The van der Waals surface area contributed by atoms with Crippen molar-refractivity contribution >= 4 is 11.9 Å². The fourth-order valence-electron chi connectivity index (χ4n) is 4.07. The lowest BCUT2D eigenvalue weighted by Gasteiger charge is -2.28. The van der Waals surface area contributed by atoms with E-state index in [4.69, 9.17) is 9.47 Å². The molecule has 4 heteroatoms. The molecule has 2 rings (SSSR count). The summed E-state index contributed by atoms with van der Waals surface area (Å²) in [5, 5.41) is 0. The minimum Gasteiger partial charge on any atom is -0.459 e. The van der Waals surface area contributed by atoms with Gasteiger partial charge in [-0.25, -0.2) is 9.59 Å². The molecule has 2 aromatic carbocycles. The number of hydrogen-bond acceptors (Lipinski definition) is 4. The molecule has 0 aromatic heterocycles. The monoisotopic (exact) mass is 452 g/mol. The highest BCUT2D eigenvalue weighted by Gasteiger charge is 2.28. The number of unbranched alkanes of at least 4 members (excludes halogenated alkanes) is 2. The van der Waals surface area contributed by atoms with Gasteiger partial charge < -0.3 is 9.47 Å². The van der Waals surface area contributed by atoms with Gasteiger partial charge >= 0.3 is 11.9 Å². The smallest absolute Gasteiger partial charge is 0.338 e. The van der Waals surface area contributed by atoms with Crippen molar-refractivity contribution < 1.29 is 19.1 Å². The first kappa shape index (κ1) is 26.6. The van der Waals surface area contributed by atoms with Gasteiger partial charge in [0, 0.05) is 5.92 Å². The van der Waals surface area contributed by atoms with Gasteiger partial charge in [0.1, 0.15) is 12.2 Å². The van der Waals surface area contributed by atoms with Crippen molar-refractivity contribution in [3.05, 3.63) is 70.8 Å². The highest BCUT2D eigenvalue weighted by molar-refractivity contribution is 5.90. The maximum atomic E-state index is 12.6. The summed E-state index contributed by atoms with van der Waals surface area (Å²) in [6.07, 6.45) is 6.59. The molecule has 0 N–H and O–H groups in total. The molecule has 0 heterocycles. The second-order valence-electron chi connectivity index (χ2n) is 8.89. The van der Waals surface area contributed by atoms with E-state index in [9.17, 15) is 9.59 Å². The van der Waals surface area contributed by atoms with Gasteiger partial charge in [-0.05, 0) is 81.3 Å². The molecule has 0 spiro atoms. The summed E-state index contributed by atoms with van der Waals surface area (Å²) in [4.78, 5) is 25.3. The molecule has 0 aliphatic rings. The molecule has 0 fully saturated rings. The fraction of sp³-hybridized carbons (Fsp3) is 0.517. The predicted molar refractivity (Wildman–Crippen MR) is 134 cm³/mol. The Morgan fingerprint density at radius 1 is 0.667 bits per heavy atom. The van der Waals surface area contributed by atoms with E-state index in [2.05, 4.69) is 13.8 Å². The summed E-state index contributed by atoms with van der Waals surface area (Å²) in [5.74, 6) is -0.779. The third-order valence-electron chi connectivity index (χ3n) is 6.28. The van der Waals surface area contributed by atoms with Crippen molar-refractivity contribution in [1.29, 1.82) is 0 Å². The van der Waals surface area contributed by atoms with Crippen LogP contribution in [0.1, 0.15) is 98.6 Å². The summed E-state index contributed by atoms with van der Waals surface area (Å²) in [5.41, 5.74) is 3.55. The van der Waals surface area contributed by atoms with E-state index < -0.39 is 0 Å². The molecule has 0 amide bonds. The van der Waals surface area contributed by atoms with Crippen LogP contribution in [-0.2, 0) is 22.3 Å². The molecule has 2 aromatic rings. The van der Waals surface area contributed by atoms with Gasteiger partial charge in [0.25, 0.3) is 0 Å². The molecule has 33 heavy (non-hydrogen) atoms. The number of aryl methyl sites for hydroxylation is 2. The lowest BCUT2D eigenvalue weighted by Crippen LogP contribution is -2.34. The second-order valence-corrected chi connectivity index (χ2v) is 8.89. The third-order valence-corrected chi connectivity index (χ3v) is 6.28. The van der Waals surface area contributed by atoms with E-state index in [0.29, 0.717) is 11.1 Å². The summed E-state index contributed by atoms with van der Waals surface area (Å²) in [7, 11) is 0. The Labute approximate surface area is 199 Å². The van der Waals surface area contributed by atoms with Gasteiger partial charge in [0.05, 0.1) is 11.1 Å². The van der Waals surface area contributed by atoms with Crippen LogP contribution < -0.4 is 0 Å². The van der Waals surface area contributed by atoms with E-state index in [-0.39, 0.29) is 30.1 Å². The molecule has 2 atom stereocenters. The molecule has 0 saturated carbocycles. The fourth-order valence-corrected chi connectivity index (χ4v) is 4.07. The first-order valence-electron chi connectivity index (χ1n) is 12.5. The van der Waals surface area contributed by atoms with E-state index in [0.717, 1.165) is 44.9 Å². The van der Waals surface area contributed by atoms with Crippen LogP contribution >= 0.6 is 0 Å². The van der Waals surface area contributed by atoms with Gasteiger partial charge in [0.2, 0.25) is 0 Å². The van der Waals surface area contributed by atoms with Crippen molar-refractivity contribution in [1.82, 2.24) is 0 Å². The molecule has 0 bridgehead atoms. The van der Waals surface area contributed by atoms with Crippen LogP contribution in [0.5, 0.6) is 0 Å². The largest absolute Gasteiger partial charge is 0.459 e. The predicted octanol–water partition coefficient (Wildman–Crippen LogP) is 7.19. The lowest BCUT2D eigenvalue weighted by molar-refractivity contribution is -0.0232. The number of carbonyl (C=O) groups excluding carboxylic acids is 2. The number of ether oxygens (including phenoxy) is 2. The van der Waals surface area contributed by atoms with Crippen LogP contribution in [0.2, 0.25) is 0 Å². The number of rotatable bonds is 13. The van der Waals surface area contributed by atoms with Crippen molar-refractivity contribution in [2.75, 3.05) is 0 Å². The summed E-state index contributed by atoms with van der Waals surface area (Å²) < 4.78 is 11.5. The normalized spacial score (nSPS) is 13.7. The minimum atomic E-state index is -0.374. The van der Waals surface area contributed by atoms with Crippen molar-refractivity contribution in [2.45, 2.75) is 91.8 Å². The Morgan fingerprint density at radius 3 is 1.33 bits per heavy atom. The van der Waals surface area contributed by atoms with Gasteiger partial charge in [-0.1, -0.05) is 57.9 Å². The number of carbonyl (C=O) groups is 2. The van der Waals surface area contributed by atoms with Gasteiger partial charge in [0.15, 0.2) is 0 Å². The first-order chi connectivity index (χ1) is 15.9. The van der Waals surface area contributed by atoms with E-state index >= 15 is 0 Å². The molecule has 0 aliphatic heterocycles. The summed E-state index contributed by atoms with van der Waals surface area (Å²) in [6.45, 7) is 10.1. The van der Waals surface area contributed by atoms with Crippen LogP contribution in [0.25, 0.3) is 0 Å². The van der Waals surface area contributed by atoms with E-state index in [1.165, 1.54) is 11.1 Å². The Hall–Kier alpha value is -2.62. The van der Waals surface area contributed by atoms with Crippen molar-refractivity contribution in [3.8, 4) is 0 Å². The number of hydrogen-bond donors (Lipinski definition) is 0. The highest BCUT2D eigenvalue weighted by Crippen LogP contribution is 2.22. The Morgan fingerprint density at radius 2 is 1.03 bits per heavy atom. The lowest BCUT2D eigenvalue weighted by atomic mass is 9.94. The average molecular weight is 453 g/mol. The quantitative estimate of drug-likeness (QED) is 0.302. The Kier molecular flexibility index (Phi) is 11.2. The zero-order valence-corrected chi connectivity index (χ0v) is 20.9. The molecule has 0 aliphatic carbocycles. The van der Waals surface area contributed by atoms with Crippen LogP contribution in [0, 0.1) is 5.92 Å². The van der Waals surface area contributed by atoms with E-state index in [1.807, 2.05) is 69.3 Å². The highest BCUT2D eigenvalue weighted by atomic mass is 16.6. The zero-order valence-electron chi connectivity index (χ0n) is 20.9. The SMILES string of the molecule is CCCCc1ccc(C(=O)OC(C)C(CC)C(C)OC(=O)c2ccc(CCCC)cc2)cc1. The average Bonchev–Trinajstić information content (AvgIpc) is 2.82. The minimum absolute atomic E-state index is 0.0921. The molecule has 180 valence electrons. The molecule has 0 saturated heterocycles. The van der Waals surface area contributed by atoms with Gasteiger partial charge in [-0.2, -0.15) is 0 Å². The number of benzene rings is 2. The van der Waals surface area contributed by atoms with Crippen LogP contribution in [-0.4, -0.2) is 24.1 Å². The molecule has 2 unspecified atom stereocenters. The second kappa shape index (κ2) is 13.8. The zero-order chi connectivity index (χ0) is 24.2. The van der Waals surface area contributed by atoms with Gasteiger partial charge in [-0.3, -0.25) is 0 Å². The van der Waals surface area contributed by atoms with Crippen LogP contribution in [0.15, 0.2) is 48.5 Å². The summed E-state index contributed by atoms with van der Waals surface area (Å²) >= 11 is 0. The molecular weight excluding hydrogens is 412 g/mol. The maximum absolute atomic E-state index is 12.6. The third kappa shape index (κ3) is 8.34. The first-order valence-corrected chi connectivity index (χ1v) is 12.5. The van der Waals surface area contributed by atoms with Crippen LogP contribution in [0.4, 0.5) is 0 Å². The Bertz CT molecular complexity index is 783. The maximum Gasteiger partial charge on any atom is 0.338 e. The molecular formula is C29H40O4.